The maximum absolute atomic E-state index is 12.7. The number of carboxylic acids is 1. The first-order valence-corrected chi connectivity index (χ1v) is 21.4. The number of nitrogens with zero attached hydrogens (tertiary/aromatic N) is 1. The maximum atomic E-state index is 12.7. The van der Waals surface area contributed by atoms with E-state index in [4.69, 9.17) is 14.2 Å². The molecular formula is C44H82NO7+. The van der Waals surface area contributed by atoms with Crippen LogP contribution in [0.2, 0.25) is 0 Å². The second kappa shape index (κ2) is 35.8. The Morgan fingerprint density at radius 3 is 1.50 bits per heavy atom. The van der Waals surface area contributed by atoms with Gasteiger partial charge in [-0.3, -0.25) is 9.59 Å². The van der Waals surface area contributed by atoms with E-state index in [2.05, 4.69) is 32.1 Å². The molecule has 52 heavy (non-hydrogen) atoms. The van der Waals surface area contributed by atoms with Gasteiger partial charge in [0, 0.05) is 19.3 Å². The van der Waals surface area contributed by atoms with Crippen LogP contribution in [0.15, 0.2) is 24.3 Å². The Morgan fingerprint density at radius 2 is 1.00 bits per heavy atom. The second-order valence-corrected chi connectivity index (χ2v) is 15.6. The van der Waals surface area contributed by atoms with E-state index in [0.717, 1.165) is 32.1 Å². The van der Waals surface area contributed by atoms with Crippen molar-refractivity contribution in [3.63, 3.8) is 0 Å². The fourth-order valence-electron chi connectivity index (χ4n) is 6.22. The Labute approximate surface area is 320 Å². The first kappa shape index (κ1) is 49.8. The topological polar surface area (TPSA) is 99.1 Å². The summed E-state index contributed by atoms with van der Waals surface area (Å²) < 4.78 is 17.1. The fourth-order valence-corrected chi connectivity index (χ4v) is 6.22. The number of likely N-dealkylation sites (N-methyl/N-ethyl adjacent to an activating group) is 1. The Balaban J connectivity index is 4.21. The van der Waals surface area contributed by atoms with Gasteiger partial charge in [-0.25, -0.2) is 4.79 Å². The molecule has 0 saturated carbocycles. The zero-order valence-corrected chi connectivity index (χ0v) is 34.5. The van der Waals surface area contributed by atoms with Crippen molar-refractivity contribution in [3.05, 3.63) is 24.3 Å². The van der Waals surface area contributed by atoms with Gasteiger partial charge in [-0.1, -0.05) is 141 Å². The van der Waals surface area contributed by atoms with E-state index in [-0.39, 0.29) is 42.7 Å². The molecule has 0 aromatic carbocycles. The molecule has 0 fully saturated rings. The average molecular weight is 737 g/mol. The van der Waals surface area contributed by atoms with Crippen LogP contribution in [-0.4, -0.2) is 80.6 Å². The molecule has 0 aromatic rings. The summed E-state index contributed by atoms with van der Waals surface area (Å²) in [7, 11) is 5.51. The first-order chi connectivity index (χ1) is 25.1. The lowest BCUT2D eigenvalue weighted by atomic mass is 10.1. The number of unbranched alkanes of at least 4 members (excludes halogenated alkanes) is 20. The molecule has 0 amide bonds. The van der Waals surface area contributed by atoms with Crippen molar-refractivity contribution < 1.29 is 38.2 Å². The van der Waals surface area contributed by atoms with Crippen LogP contribution in [0, 0.1) is 0 Å². The molecule has 2 atom stereocenters. The Kier molecular flexibility index (Phi) is 34.3. The molecule has 0 aliphatic carbocycles. The number of quaternary nitrogens is 1. The molecule has 0 saturated heterocycles. The summed E-state index contributed by atoms with van der Waals surface area (Å²) in [5.74, 6) is -1.54. The summed E-state index contributed by atoms with van der Waals surface area (Å²) in [6, 6.07) is -0.616. The van der Waals surface area contributed by atoms with Crippen LogP contribution in [0.4, 0.5) is 0 Å². The first-order valence-electron chi connectivity index (χ1n) is 21.4. The third-order valence-electron chi connectivity index (χ3n) is 9.59. The number of esters is 2. The molecule has 2 unspecified atom stereocenters. The van der Waals surface area contributed by atoms with Gasteiger partial charge in [0.25, 0.3) is 0 Å². The van der Waals surface area contributed by atoms with E-state index in [9.17, 15) is 19.5 Å². The molecule has 0 aliphatic rings. The number of carbonyl (C=O) groups is 3. The van der Waals surface area contributed by atoms with Gasteiger partial charge in [-0.2, -0.15) is 0 Å². The molecule has 0 bridgehead atoms. The summed E-state index contributed by atoms with van der Waals surface area (Å²) in [5, 5.41) is 9.58. The molecule has 304 valence electrons. The van der Waals surface area contributed by atoms with E-state index in [1.54, 1.807) is 0 Å². The summed E-state index contributed by atoms with van der Waals surface area (Å²) in [6.45, 7) is 4.63. The van der Waals surface area contributed by atoms with Crippen LogP contribution < -0.4 is 0 Å². The second-order valence-electron chi connectivity index (χ2n) is 15.6. The molecule has 8 nitrogen and oxygen atoms in total. The van der Waals surface area contributed by atoms with Gasteiger partial charge in [0.05, 0.1) is 34.4 Å². The predicted octanol–water partition coefficient (Wildman–Crippen LogP) is 11.3. The van der Waals surface area contributed by atoms with E-state index in [1.165, 1.54) is 116 Å². The minimum absolute atomic E-state index is 0.0499. The van der Waals surface area contributed by atoms with Crippen LogP contribution in [0.25, 0.3) is 0 Å². The van der Waals surface area contributed by atoms with Crippen molar-refractivity contribution in [3.8, 4) is 0 Å². The van der Waals surface area contributed by atoms with E-state index in [1.807, 2.05) is 27.2 Å². The van der Waals surface area contributed by atoms with Crippen LogP contribution in [0.3, 0.4) is 0 Å². The van der Waals surface area contributed by atoms with Crippen molar-refractivity contribution >= 4 is 17.9 Å². The highest BCUT2D eigenvalue weighted by atomic mass is 16.6. The van der Waals surface area contributed by atoms with Crippen LogP contribution >= 0.6 is 0 Å². The summed E-state index contributed by atoms with van der Waals surface area (Å²) >= 11 is 0. The quantitative estimate of drug-likeness (QED) is 0.0291. The molecule has 1 N–H and O–H groups in total. The zero-order valence-electron chi connectivity index (χ0n) is 34.5. The molecule has 0 heterocycles. The lowest BCUT2D eigenvalue weighted by Crippen LogP contribution is -2.50. The van der Waals surface area contributed by atoms with Crippen molar-refractivity contribution in [1.82, 2.24) is 0 Å². The predicted molar refractivity (Wildman–Crippen MR) is 215 cm³/mol. The fraction of sp³-hybridized carbons (Fsp3) is 0.841. The zero-order chi connectivity index (χ0) is 38.5. The van der Waals surface area contributed by atoms with Crippen LogP contribution in [0.5, 0.6) is 0 Å². The van der Waals surface area contributed by atoms with Crippen LogP contribution in [0.1, 0.15) is 187 Å². The average Bonchev–Trinajstić information content (AvgIpc) is 3.09. The smallest absolute Gasteiger partial charge is 0.362 e. The van der Waals surface area contributed by atoms with Gasteiger partial charge in [0.2, 0.25) is 0 Å². The van der Waals surface area contributed by atoms with Crippen molar-refractivity contribution in [2.45, 2.75) is 199 Å². The molecular weight excluding hydrogens is 654 g/mol. The highest BCUT2D eigenvalue weighted by molar-refractivity contribution is 5.72. The Morgan fingerprint density at radius 1 is 0.558 bits per heavy atom. The number of carbonyl (C=O) groups excluding carboxylic acids is 2. The molecule has 0 radical (unpaired) electrons. The number of hydrogen-bond donors (Lipinski definition) is 1. The number of allylic oxidation sites excluding steroid dienone is 4. The Hall–Kier alpha value is -2.19. The van der Waals surface area contributed by atoms with Gasteiger partial charge < -0.3 is 23.8 Å². The highest BCUT2D eigenvalue weighted by Crippen LogP contribution is 2.14. The monoisotopic (exact) mass is 737 g/mol. The minimum Gasteiger partial charge on any atom is -0.477 e. The molecule has 0 rings (SSSR count). The van der Waals surface area contributed by atoms with Crippen molar-refractivity contribution in [1.29, 1.82) is 0 Å². The van der Waals surface area contributed by atoms with Crippen molar-refractivity contribution in [2.24, 2.45) is 0 Å². The maximum Gasteiger partial charge on any atom is 0.362 e. The van der Waals surface area contributed by atoms with Crippen LogP contribution in [-0.2, 0) is 28.6 Å². The normalized spacial score (nSPS) is 13.2. The minimum atomic E-state index is -0.880. The highest BCUT2D eigenvalue weighted by Gasteiger charge is 2.31. The van der Waals surface area contributed by atoms with Gasteiger partial charge in [-0.05, 0) is 51.4 Å². The van der Waals surface area contributed by atoms with Gasteiger partial charge in [0.15, 0.2) is 12.1 Å². The summed E-state index contributed by atoms with van der Waals surface area (Å²) in [6.07, 6.45) is 38.3. The SMILES string of the molecule is CCCCC/C=C/CCC(=O)OCC(COCCC(C(=O)O)[N+](C)(C)C)OC(=O)CCCCCCCCC/C=C/CCCCCCCCCCCC. The number of ether oxygens (including phenoxy) is 3. The summed E-state index contributed by atoms with van der Waals surface area (Å²) in [4.78, 5) is 36.7. The van der Waals surface area contributed by atoms with Gasteiger partial charge in [-0.15, -0.1) is 0 Å². The van der Waals surface area contributed by atoms with Gasteiger partial charge in [0.1, 0.15) is 6.61 Å². The largest absolute Gasteiger partial charge is 0.477 e. The molecule has 0 aliphatic heterocycles. The standard InChI is InChI=1S/C44H81NO7/c1-6-8-10-12-14-15-16-17-18-19-20-21-22-23-24-25-26-27-29-31-33-35-43(47)52-40(38-50-37-36-41(44(48)49)45(3,4)5)39-51-42(46)34-32-30-28-13-11-9-7-2/h21-22,28,30,40-41H,6-20,23-27,29,31-39H2,1-5H3/p+1/b22-21+,30-28+. The number of rotatable bonds is 38. The third-order valence-corrected chi connectivity index (χ3v) is 9.59. The number of hydrogen-bond acceptors (Lipinski definition) is 6. The Bertz CT molecular complexity index is 911. The molecule has 0 spiro atoms. The summed E-state index contributed by atoms with van der Waals surface area (Å²) in [5.41, 5.74) is 0. The van der Waals surface area contributed by atoms with E-state index < -0.39 is 18.1 Å². The van der Waals surface area contributed by atoms with E-state index >= 15 is 0 Å². The van der Waals surface area contributed by atoms with E-state index in [0.29, 0.717) is 19.3 Å². The number of carboxylic acid groups (broad SMARTS) is 1. The lowest BCUT2D eigenvalue weighted by Gasteiger charge is -2.31. The van der Waals surface area contributed by atoms with Crippen molar-refractivity contribution in [2.75, 3.05) is 41.0 Å². The number of aliphatic carboxylic acids is 1. The third kappa shape index (κ3) is 33.6. The molecule has 0 aromatic heterocycles. The van der Waals surface area contributed by atoms with Gasteiger partial charge >= 0.3 is 17.9 Å². The lowest BCUT2D eigenvalue weighted by molar-refractivity contribution is -0.887. The molecule has 8 heteroatoms.